The SMILES string of the molecule is CCCn1c(O)c(N=NC(=O)COc2ccccc2)c2ccccc21. The molecule has 1 aromatic heterocycles. The maximum atomic E-state index is 11.9. The van der Waals surface area contributed by atoms with Gasteiger partial charge < -0.3 is 14.4 Å². The van der Waals surface area contributed by atoms with Gasteiger partial charge >= 0.3 is 5.91 Å². The molecule has 0 aliphatic carbocycles. The summed E-state index contributed by atoms with van der Waals surface area (Å²) >= 11 is 0. The molecule has 128 valence electrons. The summed E-state index contributed by atoms with van der Waals surface area (Å²) in [5.41, 5.74) is 1.17. The average Bonchev–Trinajstić information content (AvgIpc) is 2.91. The summed E-state index contributed by atoms with van der Waals surface area (Å²) < 4.78 is 7.12. The van der Waals surface area contributed by atoms with Gasteiger partial charge in [0.2, 0.25) is 5.88 Å². The maximum absolute atomic E-state index is 11.9. The number of carbonyl (C=O) groups excluding carboxylic acids is 1. The first-order valence-electron chi connectivity index (χ1n) is 8.13. The highest BCUT2D eigenvalue weighted by atomic mass is 16.5. The van der Waals surface area contributed by atoms with Crippen LogP contribution in [0.1, 0.15) is 13.3 Å². The van der Waals surface area contributed by atoms with Crippen molar-refractivity contribution >= 4 is 22.5 Å². The fraction of sp³-hybridized carbons (Fsp3) is 0.211. The van der Waals surface area contributed by atoms with Crippen molar-refractivity contribution in [1.82, 2.24) is 4.57 Å². The molecule has 0 aliphatic rings. The number of aromatic nitrogens is 1. The number of benzene rings is 2. The van der Waals surface area contributed by atoms with Gasteiger partial charge in [0.1, 0.15) is 5.75 Å². The molecule has 0 aliphatic heterocycles. The Hall–Kier alpha value is -3.15. The molecule has 1 heterocycles. The molecule has 1 N–H and O–H groups in total. The molecule has 3 rings (SSSR count). The minimum atomic E-state index is -0.518. The van der Waals surface area contributed by atoms with Gasteiger partial charge in [-0.25, -0.2) is 0 Å². The van der Waals surface area contributed by atoms with Gasteiger partial charge in [-0.1, -0.05) is 43.3 Å². The number of hydrogen-bond donors (Lipinski definition) is 1. The van der Waals surface area contributed by atoms with E-state index < -0.39 is 5.91 Å². The van der Waals surface area contributed by atoms with Crippen molar-refractivity contribution in [3.8, 4) is 11.6 Å². The topological polar surface area (TPSA) is 76.2 Å². The molecular weight excluding hydrogens is 318 g/mol. The number of aromatic hydroxyl groups is 1. The lowest BCUT2D eigenvalue weighted by Crippen LogP contribution is -2.07. The lowest BCUT2D eigenvalue weighted by Gasteiger charge is -2.03. The predicted octanol–water partition coefficient (Wildman–Crippen LogP) is 4.45. The predicted molar refractivity (Wildman–Crippen MR) is 95.4 cm³/mol. The van der Waals surface area contributed by atoms with Crippen LogP contribution in [0.3, 0.4) is 0 Å². The Morgan fingerprint density at radius 3 is 2.60 bits per heavy atom. The third-order valence-electron chi connectivity index (χ3n) is 3.73. The third kappa shape index (κ3) is 3.68. The van der Waals surface area contributed by atoms with Crippen molar-refractivity contribution in [3.05, 3.63) is 54.6 Å². The monoisotopic (exact) mass is 337 g/mol. The molecule has 25 heavy (non-hydrogen) atoms. The summed E-state index contributed by atoms with van der Waals surface area (Å²) in [6, 6.07) is 16.5. The molecule has 0 saturated heterocycles. The summed E-state index contributed by atoms with van der Waals surface area (Å²) in [5.74, 6) is 0.0904. The molecule has 0 radical (unpaired) electrons. The summed E-state index contributed by atoms with van der Waals surface area (Å²) in [7, 11) is 0. The van der Waals surface area contributed by atoms with Gasteiger partial charge in [-0.15, -0.1) is 10.2 Å². The minimum absolute atomic E-state index is 0.0172. The van der Waals surface area contributed by atoms with Crippen LogP contribution >= 0.6 is 0 Å². The van der Waals surface area contributed by atoms with E-state index in [2.05, 4.69) is 10.2 Å². The second kappa shape index (κ2) is 7.61. The van der Waals surface area contributed by atoms with E-state index in [9.17, 15) is 9.90 Å². The van der Waals surface area contributed by atoms with Gasteiger partial charge in [-0.2, -0.15) is 0 Å². The van der Waals surface area contributed by atoms with Crippen LogP contribution < -0.4 is 4.74 Å². The van der Waals surface area contributed by atoms with Crippen LogP contribution in [0.25, 0.3) is 10.9 Å². The Kier molecular flexibility index (Phi) is 5.09. The Labute approximate surface area is 145 Å². The maximum Gasteiger partial charge on any atom is 0.302 e. The first-order valence-corrected chi connectivity index (χ1v) is 8.13. The number of hydrogen-bond acceptors (Lipinski definition) is 4. The third-order valence-corrected chi connectivity index (χ3v) is 3.73. The van der Waals surface area contributed by atoms with Gasteiger partial charge in [0.25, 0.3) is 0 Å². The zero-order valence-electron chi connectivity index (χ0n) is 13.9. The zero-order chi connectivity index (χ0) is 17.6. The Morgan fingerprint density at radius 2 is 1.84 bits per heavy atom. The number of azo groups is 1. The Morgan fingerprint density at radius 1 is 1.12 bits per heavy atom. The van der Waals surface area contributed by atoms with Gasteiger partial charge in [-0.05, 0) is 24.6 Å². The molecular formula is C19H19N3O3. The van der Waals surface area contributed by atoms with Crippen molar-refractivity contribution in [3.63, 3.8) is 0 Å². The van der Waals surface area contributed by atoms with Crippen LogP contribution in [0.15, 0.2) is 64.8 Å². The van der Waals surface area contributed by atoms with Crippen LogP contribution in [0.2, 0.25) is 0 Å². The first-order chi connectivity index (χ1) is 12.2. The highest BCUT2D eigenvalue weighted by molar-refractivity contribution is 5.95. The van der Waals surface area contributed by atoms with Gasteiger partial charge in [0.05, 0.1) is 5.52 Å². The van der Waals surface area contributed by atoms with Crippen molar-refractivity contribution in [2.75, 3.05) is 6.61 Å². The normalized spacial score (nSPS) is 11.2. The molecule has 0 unspecified atom stereocenters. The molecule has 1 amide bonds. The molecule has 6 heteroatoms. The van der Waals surface area contributed by atoms with Crippen molar-refractivity contribution in [2.45, 2.75) is 19.9 Å². The van der Waals surface area contributed by atoms with Gasteiger partial charge in [-0.3, -0.25) is 4.79 Å². The van der Waals surface area contributed by atoms with E-state index in [1.165, 1.54) is 0 Å². The van der Waals surface area contributed by atoms with Crippen LogP contribution in [0, 0.1) is 0 Å². The van der Waals surface area contributed by atoms with Crippen LogP contribution in [-0.4, -0.2) is 22.2 Å². The van der Waals surface area contributed by atoms with E-state index in [1.54, 1.807) is 16.7 Å². The molecule has 0 saturated carbocycles. The van der Waals surface area contributed by atoms with E-state index in [0.717, 1.165) is 17.3 Å². The number of fused-ring (bicyclic) bond motifs is 1. The average molecular weight is 337 g/mol. The van der Waals surface area contributed by atoms with Crippen LogP contribution in [0.5, 0.6) is 11.6 Å². The van der Waals surface area contributed by atoms with E-state index in [4.69, 9.17) is 4.74 Å². The zero-order valence-corrected chi connectivity index (χ0v) is 13.9. The largest absolute Gasteiger partial charge is 0.493 e. The smallest absolute Gasteiger partial charge is 0.302 e. The van der Waals surface area contributed by atoms with Gasteiger partial charge in [0.15, 0.2) is 12.3 Å². The lowest BCUT2D eigenvalue weighted by atomic mass is 10.2. The summed E-state index contributed by atoms with van der Waals surface area (Å²) in [4.78, 5) is 11.9. The fourth-order valence-electron chi connectivity index (χ4n) is 2.62. The number of rotatable bonds is 6. The highest BCUT2D eigenvalue weighted by Crippen LogP contribution is 2.38. The summed E-state index contributed by atoms with van der Waals surface area (Å²) in [5, 5.41) is 18.8. The molecule has 0 atom stereocenters. The highest BCUT2D eigenvalue weighted by Gasteiger charge is 2.16. The number of aryl methyl sites for hydroxylation is 1. The lowest BCUT2D eigenvalue weighted by molar-refractivity contribution is -0.120. The Bertz CT molecular complexity index is 901. The molecule has 0 bridgehead atoms. The number of para-hydroxylation sites is 2. The Balaban J connectivity index is 1.79. The van der Waals surface area contributed by atoms with E-state index >= 15 is 0 Å². The number of nitrogens with zero attached hydrogens (tertiary/aromatic N) is 3. The summed E-state index contributed by atoms with van der Waals surface area (Å²) in [6.45, 7) is 2.48. The molecule has 0 spiro atoms. The molecule has 6 nitrogen and oxygen atoms in total. The number of ether oxygens (including phenoxy) is 1. The van der Waals surface area contributed by atoms with Crippen molar-refractivity contribution in [2.24, 2.45) is 10.2 Å². The van der Waals surface area contributed by atoms with E-state index in [1.807, 2.05) is 49.4 Å². The quantitative estimate of drug-likeness (QED) is 0.675. The molecule has 0 fully saturated rings. The van der Waals surface area contributed by atoms with E-state index in [-0.39, 0.29) is 12.5 Å². The van der Waals surface area contributed by atoms with Crippen LogP contribution in [-0.2, 0) is 11.3 Å². The number of amides is 1. The second-order valence-corrected chi connectivity index (χ2v) is 5.54. The second-order valence-electron chi connectivity index (χ2n) is 5.54. The standard InChI is InChI=1S/C19H19N3O3/c1-2-12-22-16-11-7-6-10-15(16)18(19(22)24)21-20-17(23)13-25-14-8-4-3-5-9-14/h3-11,24H,2,12-13H2,1H3. The van der Waals surface area contributed by atoms with Crippen molar-refractivity contribution < 1.29 is 14.6 Å². The fourth-order valence-corrected chi connectivity index (χ4v) is 2.62. The van der Waals surface area contributed by atoms with E-state index in [0.29, 0.717) is 18.0 Å². The molecule has 3 aromatic rings. The van der Waals surface area contributed by atoms with Gasteiger partial charge in [0, 0.05) is 11.9 Å². The first kappa shape index (κ1) is 16.7. The summed E-state index contributed by atoms with van der Waals surface area (Å²) in [6.07, 6.45) is 0.868. The number of carbonyl (C=O) groups is 1. The van der Waals surface area contributed by atoms with Crippen molar-refractivity contribution in [1.29, 1.82) is 0 Å². The molecule has 2 aromatic carbocycles. The minimum Gasteiger partial charge on any atom is -0.493 e. The van der Waals surface area contributed by atoms with Crippen LogP contribution in [0.4, 0.5) is 5.69 Å².